The molecule has 2 nitrogen and oxygen atoms in total. The molecule has 0 saturated carbocycles. The van der Waals surface area contributed by atoms with Crippen molar-refractivity contribution in [3.63, 3.8) is 0 Å². The Bertz CT molecular complexity index is 614. The number of aryl methyl sites for hydroxylation is 1. The maximum atomic E-state index is 12.0. The van der Waals surface area contributed by atoms with Gasteiger partial charge in [0.25, 0.3) is 0 Å². The summed E-state index contributed by atoms with van der Waals surface area (Å²) in [5.74, 6) is 0.176. The summed E-state index contributed by atoms with van der Waals surface area (Å²) in [6.45, 7) is 1.94. The summed E-state index contributed by atoms with van der Waals surface area (Å²) >= 11 is 19.3. The van der Waals surface area contributed by atoms with Crippen molar-refractivity contribution in [1.82, 2.24) is 0 Å². The number of hydrogen-bond donors (Lipinski definition) is 0. The van der Waals surface area contributed by atoms with E-state index in [1.807, 2.05) is 13.0 Å². The zero-order valence-corrected chi connectivity index (χ0v) is 13.7. The highest BCUT2D eigenvalue weighted by molar-refractivity contribution is 7.14. The third-order valence-corrected chi connectivity index (χ3v) is 4.65. The minimum atomic E-state index is -0.106. The Kier molecular flexibility index (Phi) is 5.33. The molecule has 0 aliphatic heterocycles. The van der Waals surface area contributed by atoms with Gasteiger partial charge >= 0.3 is 0 Å². The van der Waals surface area contributed by atoms with E-state index in [0.717, 1.165) is 11.3 Å². The van der Waals surface area contributed by atoms with Gasteiger partial charge < -0.3 is 4.74 Å². The van der Waals surface area contributed by atoms with Gasteiger partial charge in [0.2, 0.25) is 5.78 Å². The first-order valence-electron chi connectivity index (χ1n) is 5.90. The Hall–Kier alpha value is -0.740. The molecular formula is C14H11Cl3O2S. The molecule has 0 atom stereocenters. The van der Waals surface area contributed by atoms with E-state index in [0.29, 0.717) is 9.90 Å². The van der Waals surface area contributed by atoms with Crippen LogP contribution in [0.3, 0.4) is 0 Å². The van der Waals surface area contributed by atoms with Gasteiger partial charge in [-0.15, -0.1) is 11.3 Å². The lowest BCUT2D eigenvalue weighted by atomic mass is 10.3. The van der Waals surface area contributed by atoms with Gasteiger partial charge in [0.1, 0.15) is 0 Å². The second kappa shape index (κ2) is 6.81. The zero-order chi connectivity index (χ0) is 14.7. The number of carbonyl (C=O) groups is 1. The summed E-state index contributed by atoms with van der Waals surface area (Å²) in [4.78, 5) is 13.8. The molecule has 6 heteroatoms. The summed E-state index contributed by atoms with van der Waals surface area (Å²) in [6, 6.07) is 6.80. The number of hydrogen-bond acceptors (Lipinski definition) is 3. The van der Waals surface area contributed by atoms with Crippen molar-refractivity contribution in [2.75, 3.05) is 6.61 Å². The Morgan fingerprint density at radius 2 is 1.85 bits per heavy atom. The van der Waals surface area contributed by atoms with Gasteiger partial charge in [0.15, 0.2) is 12.4 Å². The van der Waals surface area contributed by atoms with Gasteiger partial charge in [0.05, 0.1) is 14.9 Å². The van der Waals surface area contributed by atoms with Crippen molar-refractivity contribution >= 4 is 51.9 Å². The van der Waals surface area contributed by atoms with Crippen molar-refractivity contribution in [2.45, 2.75) is 13.3 Å². The van der Waals surface area contributed by atoms with E-state index in [9.17, 15) is 4.79 Å². The van der Waals surface area contributed by atoms with Crippen LogP contribution in [0.5, 0.6) is 5.75 Å². The molecule has 0 N–H and O–H groups in total. The van der Waals surface area contributed by atoms with Crippen LogP contribution in [0.2, 0.25) is 15.1 Å². The maximum absolute atomic E-state index is 12.0. The number of benzene rings is 1. The zero-order valence-electron chi connectivity index (χ0n) is 10.6. The van der Waals surface area contributed by atoms with Crippen LogP contribution in [0.1, 0.15) is 21.5 Å². The average molecular weight is 350 g/mol. The van der Waals surface area contributed by atoms with Crippen LogP contribution in [0.4, 0.5) is 0 Å². The summed E-state index contributed by atoms with van der Waals surface area (Å²) in [5.41, 5.74) is 0. The fourth-order valence-electron chi connectivity index (χ4n) is 1.59. The van der Waals surface area contributed by atoms with E-state index >= 15 is 0 Å². The van der Waals surface area contributed by atoms with Crippen LogP contribution in [0.15, 0.2) is 24.3 Å². The van der Waals surface area contributed by atoms with Crippen molar-refractivity contribution in [2.24, 2.45) is 0 Å². The van der Waals surface area contributed by atoms with Crippen LogP contribution in [-0.4, -0.2) is 12.4 Å². The van der Waals surface area contributed by atoms with Gasteiger partial charge in [-0.1, -0.05) is 41.7 Å². The second-order valence-corrected chi connectivity index (χ2v) is 6.45. The largest absolute Gasteiger partial charge is 0.482 e. The van der Waals surface area contributed by atoms with Crippen LogP contribution in [0.25, 0.3) is 0 Å². The number of halogens is 3. The fourth-order valence-corrected chi connectivity index (χ4v) is 3.39. The fraction of sp³-hybridized carbons (Fsp3) is 0.214. The van der Waals surface area contributed by atoms with Crippen LogP contribution < -0.4 is 4.74 Å². The lowest BCUT2D eigenvalue weighted by Gasteiger charge is -2.09. The molecule has 0 unspecified atom stereocenters. The summed E-state index contributed by atoms with van der Waals surface area (Å²) < 4.78 is 5.42. The minimum Gasteiger partial charge on any atom is -0.482 e. The Balaban J connectivity index is 2.07. The predicted octanol–water partition coefficient (Wildman–Crippen LogP) is 5.53. The minimum absolute atomic E-state index is 0.100. The van der Waals surface area contributed by atoms with Crippen LogP contribution in [0, 0.1) is 0 Å². The third kappa shape index (κ3) is 3.67. The van der Waals surface area contributed by atoms with Crippen LogP contribution >= 0.6 is 46.1 Å². The molecule has 1 aromatic carbocycles. The van der Waals surface area contributed by atoms with E-state index in [-0.39, 0.29) is 28.2 Å². The first kappa shape index (κ1) is 15.6. The molecule has 2 aromatic rings. The number of carbonyl (C=O) groups excluding carboxylic acids is 1. The van der Waals surface area contributed by atoms with Gasteiger partial charge in [-0.2, -0.15) is 0 Å². The lowest BCUT2D eigenvalue weighted by molar-refractivity contribution is 0.0926. The highest BCUT2D eigenvalue weighted by Gasteiger charge is 2.14. The second-order valence-electron chi connectivity index (χ2n) is 4.03. The monoisotopic (exact) mass is 348 g/mol. The van der Waals surface area contributed by atoms with Gasteiger partial charge in [-0.3, -0.25) is 4.79 Å². The summed E-state index contributed by atoms with van der Waals surface area (Å²) in [6.07, 6.45) is 0.910. The highest BCUT2D eigenvalue weighted by atomic mass is 35.5. The molecule has 106 valence electrons. The molecule has 0 bridgehead atoms. The number of ether oxygens (including phenoxy) is 1. The maximum Gasteiger partial charge on any atom is 0.210 e. The number of ketones is 1. The van der Waals surface area contributed by atoms with Crippen molar-refractivity contribution < 1.29 is 9.53 Å². The summed E-state index contributed by atoms with van der Waals surface area (Å²) in [5, 5.41) is 0.996. The highest BCUT2D eigenvalue weighted by Crippen LogP contribution is 2.35. The smallest absolute Gasteiger partial charge is 0.210 e. The lowest BCUT2D eigenvalue weighted by Crippen LogP contribution is -2.10. The van der Waals surface area contributed by atoms with Gasteiger partial charge in [-0.25, -0.2) is 0 Å². The molecule has 1 aromatic heterocycles. The molecule has 0 radical (unpaired) electrons. The molecule has 0 fully saturated rings. The molecule has 2 rings (SSSR count). The summed E-state index contributed by atoms with van der Waals surface area (Å²) in [7, 11) is 0. The molecule has 0 spiro atoms. The Morgan fingerprint density at radius 3 is 2.40 bits per heavy atom. The van der Waals surface area contributed by atoms with E-state index in [1.165, 1.54) is 23.5 Å². The SMILES string of the molecule is CCc1ccc(C(=O)COc2c(Cl)cc(Cl)cc2Cl)s1. The first-order valence-corrected chi connectivity index (χ1v) is 7.85. The van der Waals surface area contributed by atoms with Crippen molar-refractivity contribution in [3.8, 4) is 5.75 Å². The molecule has 0 aliphatic rings. The molecule has 0 aliphatic carbocycles. The Morgan fingerprint density at radius 1 is 1.20 bits per heavy atom. The molecule has 20 heavy (non-hydrogen) atoms. The molecule has 0 amide bonds. The number of Topliss-reactive ketones (excluding diaryl/α,β-unsaturated/α-hetero) is 1. The Labute approximate surface area is 136 Å². The number of rotatable bonds is 5. The quantitative estimate of drug-likeness (QED) is 0.663. The predicted molar refractivity (Wildman–Crippen MR) is 85.0 cm³/mol. The molecule has 1 heterocycles. The standard InChI is InChI=1S/C14H11Cl3O2S/c1-2-9-3-4-13(20-9)12(18)7-19-14-10(16)5-8(15)6-11(14)17/h3-6H,2,7H2,1H3. The topological polar surface area (TPSA) is 26.3 Å². The van der Waals surface area contributed by atoms with E-state index in [1.54, 1.807) is 6.07 Å². The van der Waals surface area contributed by atoms with Crippen LogP contribution in [-0.2, 0) is 6.42 Å². The van der Waals surface area contributed by atoms with Gasteiger partial charge in [-0.05, 0) is 30.7 Å². The van der Waals surface area contributed by atoms with E-state index in [2.05, 4.69) is 0 Å². The third-order valence-electron chi connectivity index (χ3n) is 2.60. The van der Waals surface area contributed by atoms with E-state index < -0.39 is 0 Å². The molecular weight excluding hydrogens is 339 g/mol. The van der Waals surface area contributed by atoms with E-state index in [4.69, 9.17) is 39.5 Å². The normalized spacial score (nSPS) is 10.6. The van der Waals surface area contributed by atoms with Gasteiger partial charge in [0, 0.05) is 9.90 Å². The molecule has 0 saturated heterocycles. The van der Waals surface area contributed by atoms with Crippen molar-refractivity contribution in [3.05, 3.63) is 49.1 Å². The first-order chi connectivity index (χ1) is 9.51. The average Bonchev–Trinajstić information content (AvgIpc) is 2.86. The van der Waals surface area contributed by atoms with Crippen molar-refractivity contribution in [1.29, 1.82) is 0 Å². The number of thiophene rings is 1.